The summed E-state index contributed by atoms with van der Waals surface area (Å²) >= 11 is 0. The van der Waals surface area contributed by atoms with Crippen molar-refractivity contribution in [3.05, 3.63) is 53.9 Å². The Hall–Kier alpha value is -2.56. The molecule has 1 N–H and O–H groups in total. The summed E-state index contributed by atoms with van der Waals surface area (Å²) in [6.45, 7) is 4.22. The maximum absolute atomic E-state index is 12.1. The fourth-order valence-electron chi connectivity index (χ4n) is 1.92. The molecule has 0 radical (unpaired) electrons. The SMILES string of the molecule is COc1ccc(C(=O)NC(C)C)cc1OCc1ccncc1. The van der Waals surface area contributed by atoms with E-state index >= 15 is 0 Å². The highest BCUT2D eigenvalue weighted by Gasteiger charge is 2.12. The summed E-state index contributed by atoms with van der Waals surface area (Å²) in [4.78, 5) is 16.0. The van der Waals surface area contributed by atoms with E-state index in [1.54, 1.807) is 37.7 Å². The lowest BCUT2D eigenvalue weighted by Crippen LogP contribution is -2.30. The molecule has 0 aliphatic heterocycles. The number of hydrogen-bond donors (Lipinski definition) is 1. The molecule has 0 aliphatic rings. The van der Waals surface area contributed by atoms with Crippen molar-refractivity contribution >= 4 is 5.91 Å². The first-order chi connectivity index (χ1) is 10.6. The summed E-state index contributed by atoms with van der Waals surface area (Å²) < 4.78 is 11.1. The van der Waals surface area contributed by atoms with E-state index < -0.39 is 0 Å². The fraction of sp³-hybridized carbons (Fsp3) is 0.294. The van der Waals surface area contributed by atoms with Crippen LogP contribution in [0.4, 0.5) is 0 Å². The van der Waals surface area contributed by atoms with Gasteiger partial charge in [-0.05, 0) is 49.7 Å². The van der Waals surface area contributed by atoms with Crippen LogP contribution in [0.2, 0.25) is 0 Å². The van der Waals surface area contributed by atoms with Crippen molar-refractivity contribution < 1.29 is 14.3 Å². The average molecular weight is 300 g/mol. The number of carbonyl (C=O) groups is 1. The monoisotopic (exact) mass is 300 g/mol. The lowest BCUT2D eigenvalue weighted by atomic mass is 10.1. The van der Waals surface area contributed by atoms with E-state index in [4.69, 9.17) is 9.47 Å². The van der Waals surface area contributed by atoms with Crippen molar-refractivity contribution in [2.24, 2.45) is 0 Å². The van der Waals surface area contributed by atoms with Gasteiger partial charge in [-0.2, -0.15) is 0 Å². The number of amides is 1. The standard InChI is InChI=1S/C17H20N2O3/c1-12(2)19-17(20)14-4-5-15(21-3)16(10-14)22-11-13-6-8-18-9-7-13/h4-10,12H,11H2,1-3H3,(H,19,20). The zero-order valence-corrected chi connectivity index (χ0v) is 13.0. The first-order valence-corrected chi connectivity index (χ1v) is 7.10. The van der Waals surface area contributed by atoms with Gasteiger partial charge in [0.05, 0.1) is 7.11 Å². The van der Waals surface area contributed by atoms with Crippen LogP contribution >= 0.6 is 0 Å². The normalized spacial score (nSPS) is 10.4. The third-order valence-electron chi connectivity index (χ3n) is 2.99. The molecule has 1 heterocycles. The van der Waals surface area contributed by atoms with E-state index in [0.717, 1.165) is 5.56 Å². The molecule has 1 amide bonds. The van der Waals surface area contributed by atoms with Crippen LogP contribution in [0.25, 0.3) is 0 Å². The molecule has 0 unspecified atom stereocenters. The maximum Gasteiger partial charge on any atom is 0.251 e. The van der Waals surface area contributed by atoms with Crippen LogP contribution < -0.4 is 14.8 Å². The maximum atomic E-state index is 12.1. The molecule has 0 bridgehead atoms. The number of nitrogens with one attached hydrogen (secondary N) is 1. The number of rotatable bonds is 6. The summed E-state index contributed by atoms with van der Waals surface area (Å²) in [5.74, 6) is 0.997. The molecule has 2 aromatic rings. The molecule has 5 heteroatoms. The minimum absolute atomic E-state index is 0.0794. The summed E-state index contributed by atoms with van der Waals surface area (Å²) in [7, 11) is 1.57. The molecule has 0 spiro atoms. The van der Waals surface area contributed by atoms with Crippen molar-refractivity contribution in [2.75, 3.05) is 7.11 Å². The van der Waals surface area contributed by atoms with Gasteiger partial charge in [0.1, 0.15) is 6.61 Å². The molecule has 2 rings (SSSR count). The molecule has 0 saturated carbocycles. The molecule has 1 aromatic heterocycles. The van der Waals surface area contributed by atoms with E-state index in [2.05, 4.69) is 10.3 Å². The number of methoxy groups -OCH3 is 1. The molecular weight excluding hydrogens is 280 g/mol. The quantitative estimate of drug-likeness (QED) is 0.891. The number of hydrogen-bond acceptors (Lipinski definition) is 4. The minimum atomic E-state index is -0.133. The summed E-state index contributed by atoms with van der Waals surface area (Å²) in [5, 5.41) is 2.85. The summed E-state index contributed by atoms with van der Waals surface area (Å²) in [6, 6.07) is 8.98. The highest BCUT2D eigenvalue weighted by atomic mass is 16.5. The average Bonchev–Trinajstić information content (AvgIpc) is 2.53. The molecule has 0 fully saturated rings. The largest absolute Gasteiger partial charge is 0.493 e. The van der Waals surface area contributed by atoms with Crippen molar-refractivity contribution in [3.8, 4) is 11.5 Å². The lowest BCUT2D eigenvalue weighted by molar-refractivity contribution is 0.0942. The van der Waals surface area contributed by atoms with Crippen molar-refractivity contribution in [3.63, 3.8) is 0 Å². The second-order valence-electron chi connectivity index (χ2n) is 5.14. The zero-order chi connectivity index (χ0) is 15.9. The van der Waals surface area contributed by atoms with E-state index in [0.29, 0.717) is 23.7 Å². The van der Waals surface area contributed by atoms with Gasteiger partial charge >= 0.3 is 0 Å². The van der Waals surface area contributed by atoms with Crippen LogP contribution in [0.3, 0.4) is 0 Å². The van der Waals surface area contributed by atoms with Gasteiger partial charge in [0.25, 0.3) is 5.91 Å². The Balaban J connectivity index is 2.15. The van der Waals surface area contributed by atoms with Crippen molar-refractivity contribution in [1.29, 1.82) is 0 Å². The number of pyridine rings is 1. The van der Waals surface area contributed by atoms with Gasteiger partial charge in [-0.1, -0.05) is 0 Å². The number of ether oxygens (including phenoxy) is 2. The second kappa shape index (κ2) is 7.45. The Bertz CT molecular complexity index is 627. The minimum Gasteiger partial charge on any atom is -0.493 e. The van der Waals surface area contributed by atoms with Gasteiger partial charge in [0.15, 0.2) is 11.5 Å². The summed E-state index contributed by atoms with van der Waals surface area (Å²) in [5.41, 5.74) is 1.54. The molecule has 116 valence electrons. The molecule has 0 saturated heterocycles. The Kier molecular flexibility index (Phi) is 5.36. The Labute approximate surface area is 130 Å². The van der Waals surface area contributed by atoms with Gasteiger partial charge in [-0.25, -0.2) is 0 Å². The Morgan fingerprint density at radius 1 is 1.18 bits per heavy atom. The molecule has 0 aliphatic carbocycles. The first-order valence-electron chi connectivity index (χ1n) is 7.10. The number of nitrogens with zero attached hydrogens (tertiary/aromatic N) is 1. The van der Waals surface area contributed by atoms with E-state index in [9.17, 15) is 4.79 Å². The smallest absolute Gasteiger partial charge is 0.251 e. The van der Waals surface area contributed by atoms with Crippen LogP contribution in [-0.4, -0.2) is 24.0 Å². The highest BCUT2D eigenvalue weighted by molar-refractivity contribution is 5.95. The molecule has 5 nitrogen and oxygen atoms in total. The Morgan fingerprint density at radius 3 is 2.55 bits per heavy atom. The van der Waals surface area contributed by atoms with Gasteiger partial charge < -0.3 is 14.8 Å². The van der Waals surface area contributed by atoms with Gasteiger partial charge in [-0.15, -0.1) is 0 Å². The molecule has 0 atom stereocenters. The summed E-state index contributed by atoms with van der Waals surface area (Å²) in [6.07, 6.45) is 3.42. The van der Waals surface area contributed by atoms with Crippen molar-refractivity contribution in [1.82, 2.24) is 10.3 Å². The van der Waals surface area contributed by atoms with Gasteiger partial charge in [0, 0.05) is 24.0 Å². The Morgan fingerprint density at radius 2 is 1.91 bits per heavy atom. The highest BCUT2D eigenvalue weighted by Crippen LogP contribution is 2.28. The van der Waals surface area contributed by atoms with E-state index in [1.807, 2.05) is 26.0 Å². The second-order valence-corrected chi connectivity index (χ2v) is 5.14. The van der Waals surface area contributed by atoms with Crippen LogP contribution in [0.1, 0.15) is 29.8 Å². The number of carbonyl (C=O) groups excluding carboxylic acids is 1. The van der Waals surface area contributed by atoms with E-state index in [-0.39, 0.29) is 11.9 Å². The van der Waals surface area contributed by atoms with Crippen LogP contribution in [0.5, 0.6) is 11.5 Å². The zero-order valence-electron chi connectivity index (χ0n) is 13.0. The molecular formula is C17H20N2O3. The predicted molar refractivity (Wildman–Crippen MR) is 84.2 cm³/mol. The molecule has 22 heavy (non-hydrogen) atoms. The van der Waals surface area contributed by atoms with Gasteiger partial charge in [-0.3, -0.25) is 9.78 Å². The fourth-order valence-corrected chi connectivity index (χ4v) is 1.92. The third-order valence-corrected chi connectivity index (χ3v) is 2.99. The number of benzene rings is 1. The third kappa shape index (κ3) is 4.22. The topological polar surface area (TPSA) is 60.5 Å². The van der Waals surface area contributed by atoms with Crippen LogP contribution in [-0.2, 0) is 6.61 Å². The van der Waals surface area contributed by atoms with Crippen LogP contribution in [0.15, 0.2) is 42.7 Å². The molecule has 1 aromatic carbocycles. The van der Waals surface area contributed by atoms with Gasteiger partial charge in [0.2, 0.25) is 0 Å². The predicted octanol–water partition coefficient (Wildman–Crippen LogP) is 2.81. The van der Waals surface area contributed by atoms with Crippen LogP contribution in [0, 0.1) is 0 Å². The number of aromatic nitrogens is 1. The first kappa shape index (κ1) is 15.8. The lowest BCUT2D eigenvalue weighted by Gasteiger charge is -2.13. The van der Waals surface area contributed by atoms with E-state index in [1.165, 1.54) is 0 Å². The van der Waals surface area contributed by atoms with Crippen molar-refractivity contribution in [2.45, 2.75) is 26.5 Å².